The summed E-state index contributed by atoms with van der Waals surface area (Å²) in [6, 6.07) is 5.36. The predicted molar refractivity (Wildman–Crippen MR) is 107 cm³/mol. The third kappa shape index (κ3) is 4.67. The number of hydrogen-bond acceptors (Lipinski definition) is 6. The quantitative estimate of drug-likeness (QED) is 0.733. The topological polar surface area (TPSA) is 84.9 Å². The molecule has 0 spiro atoms. The van der Waals surface area contributed by atoms with Crippen LogP contribution in [0.15, 0.2) is 23.1 Å². The van der Waals surface area contributed by atoms with E-state index in [9.17, 15) is 14.4 Å². The number of imide groups is 1. The molecule has 7 nitrogen and oxygen atoms in total. The summed E-state index contributed by atoms with van der Waals surface area (Å²) in [7, 11) is 3.07. The van der Waals surface area contributed by atoms with E-state index >= 15 is 0 Å². The summed E-state index contributed by atoms with van der Waals surface area (Å²) in [5, 5.41) is 2.50. The van der Waals surface area contributed by atoms with E-state index in [1.165, 1.54) is 13.5 Å². The molecule has 0 unspecified atom stereocenters. The largest absolute Gasteiger partial charge is 0.493 e. The Kier molecular flexibility index (Phi) is 6.61. The highest BCUT2D eigenvalue weighted by molar-refractivity contribution is 8.18. The Morgan fingerprint density at radius 1 is 1.18 bits per heavy atom. The van der Waals surface area contributed by atoms with Crippen LogP contribution in [0, 0.1) is 0 Å². The number of amides is 3. The van der Waals surface area contributed by atoms with Gasteiger partial charge in [0.15, 0.2) is 11.5 Å². The van der Waals surface area contributed by atoms with Gasteiger partial charge in [-0.2, -0.15) is 0 Å². The monoisotopic (exact) mass is 404 g/mol. The minimum absolute atomic E-state index is 0.142. The van der Waals surface area contributed by atoms with Crippen LogP contribution in [0.1, 0.15) is 37.7 Å². The van der Waals surface area contributed by atoms with Crippen molar-refractivity contribution >= 4 is 34.9 Å². The van der Waals surface area contributed by atoms with Crippen LogP contribution in [-0.2, 0) is 9.59 Å². The lowest BCUT2D eigenvalue weighted by atomic mass is 9.95. The number of thioether (sulfide) groups is 1. The van der Waals surface area contributed by atoms with Gasteiger partial charge >= 0.3 is 0 Å². The lowest BCUT2D eigenvalue weighted by molar-refractivity contribution is -0.129. The van der Waals surface area contributed by atoms with Crippen molar-refractivity contribution in [2.24, 2.45) is 0 Å². The van der Waals surface area contributed by atoms with Crippen molar-refractivity contribution in [1.82, 2.24) is 10.2 Å². The third-order valence-corrected chi connectivity index (χ3v) is 5.76. The number of hydrogen-bond donors (Lipinski definition) is 1. The molecule has 3 amide bonds. The molecule has 2 aliphatic rings. The van der Waals surface area contributed by atoms with Gasteiger partial charge < -0.3 is 14.8 Å². The molecule has 8 heteroatoms. The van der Waals surface area contributed by atoms with Crippen LogP contribution in [0.25, 0.3) is 6.08 Å². The predicted octanol–water partition coefficient (Wildman–Crippen LogP) is 3.19. The molecule has 1 aliphatic carbocycles. The van der Waals surface area contributed by atoms with Gasteiger partial charge in [-0.15, -0.1) is 0 Å². The van der Waals surface area contributed by atoms with Gasteiger partial charge in [0.25, 0.3) is 11.1 Å². The number of nitrogens with one attached hydrogen (secondary N) is 1. The number of benzene rings is 1. The fraction of sp³-hybridized carbons (Fsp3) is 0.450. The second-order valence-electron chi connectivity index (χ2n) is 6.78. The number of methoxy groups -OCH3 is 2. The summed E-state index contributed by atoms with van der Waals surface area (Å²) in [5.74, 6) is 0.361. The van der Waals surface area contributed by atoms with E-state index in [0.29, 0.717) is 17.1 Å². The van der Waals surface area contributed by atoms with Gasteiger partial charge in [-0.1, -0.05) is 25.3 Å². The van der Waals surface area contributed by atoms with Crippen molar-refractivity contribution in [3.05, 3.63) is 28.7 Å². The van der Waals surface area contributed by atoms with Gasteiger partial charge in [0.1, 0.15) is 6.54 Å². The van der Waals surface area contributed by atoms with Crippen LogP contribution in [-0.4, -0.2) is 48.8 Å². The molecule has 0 aromatic heterocycles. The molecule has 1 saturated heterocycles. The Hall–Kier alpha value is -2.48. The first-order valence-electron chi connectivity index (χ1n) is 9.28. The number of rotatable bonds is 6. The lowest BCUT2D eigenvalue weighted by Gasteiger charge is -2.23. The Labute approximate surface area is 168 Å². The van der Waals surface area contributed by atoms with E-state index < -0.39 is 11.1 Å². The zero-order chi connectivity index (χ0) is 20.1. The van der Waals surface area contributed by atoms with Crippen LogP contribution >= 0.6 is 11.8 Å². The molecular formula is C20H24N2O5S. The van der Waals surface area contributed by atoms with Crippen molar-refractivity contribution < 1.29 is 23.9 Å². The van der Waals surface area contributed by atoms with Crippen LogP contribution in [0.4, 0.5) is 4.79 Å². The van der Waals surface area contributed by atoms with Crippen LogP contribution in [0.5, 0.6) is 11.5 Å². The number of carbonyl (C=O) groups excluding carboxylic acids is 3. The number of carbonyl (C=O) groups is 3. The minimum atomic E-state index is -0.455. The second kappa shape index (κ2) is 9.14. The van der Waals surface area contributed by atoms with Crippen molar-refractivity contribution in [1.29, 1.82) is 0 Å². The number of ether oxygens (including phenoxy) is 2. The third-order valence-electron chi connectivity index (χ3n) is 4.85. The molecular weight excluding hydrogens is 380 g/mol. The summed E-state index contributed by atoms with van der Waals surface area (Å²) < 4.78 is 10.5. The van der Waals surface area contributed by atoms with Crippen LogP contribution in [0.2, 0.25) is 0 Å². The molecule has 1 aromatic carbocycles. The number of nitrogens with zero attached hydrogens (tertiary/aromatic N) is 1. The van der Waals surface area contributed by atoms with Gasteiger partial charge in [-0.05, 0) is 48.4 Å². The average Bonchev–Trinajstić information content (AvgIpc) is 2.96. The maximum Gasteiger partial charge on any atom is 0.294 e. The molecule has 0 radical (unpaired) electrons. The molecule has 1 aromatic rings. The Bertz CT molecular complexity index is 802. The van der Waals surface area contributed by atoms with Crippen molar-refractivity contribution in [3.63, 3.8) is 0 Å². The summed E-state index contributed by atoms with van der Waals surface area (Å²) in [5.41, 5.74) is 0.704. The zero-order valence-electron chi connectivity index (χ0n) is 16.0. The van der Waals surface area contributed by atoms with Crippen molar-refractivity contribution in [2.75, 3.05) is 20.8 Å². The highest BCUT2D eigenvalue weighted by Crippen LogP contribution is 2.34. The van der Waals surface area contributed by atoms with Gasteiger partial charge in [0.05, 0.1) is 19.1 Å². The van der Waals surface area contributed by atoms with Crippen LogP contribution < -0.4 is 14.8 Å². The first kappa shape index (κ1) is 20.3. The molecule has 1 heterocycles. The summed E-state index contributed by atoms with van der Waals surface area (Å²) in [6.45, 7) is -0.246. The Morgan fingerprint density at radius 2 is 1.89 bits per heavy atom. The molecule has 1 aliphatic heterocycles. The Balaban J connectivity index is 1.67. The van der Waals surface area contributed by atoms with Gasteiger partial charge in [-0.3, -0.25) is 19.3 Å². The second-order valence-corrected chi connectivity index (χ2v) is 7.78. The molecule has 2 fully saturated rings. The smallest absolute Gasteiger partial charge is 0.294 e. The molecule has 150 valence electrons. The first-order chi connectivity index (χ1) is 13.5. The summed E-state index contributed by atoms with van der Waals surface area (Å²) >= 11 is 0.835. The van der Waals surface area contributed by atoms with Gasteiger partial charge in [0, 0.05) is 6.04 Å². The SMILES string of the molecule is COc1ccc(/C=C2/SC(=O)N(CC(=O)NC3CCCCC3)C2=O)cc1OC. The molecule has 1 saturated carbocycles. The molecule has 3 rings (SSSR count). The van der Waals surface area contributed by atoms with E-state index in [1.54, 1.807) is 31.4 Å². The van der Waals surface area contributed by atoms with Crippen molar-refractivity contribution in [2.45, 2.75) is 38.1 Å². The van der Waals surface area contributed by atoms with E-state index in [2.05, 4.69) is 5.32 Å². The van der Waals surface area contributed by atoms with E-state index in [0.717, 1.165) is 42.3 Å². The summed E-state index contributed by atoms with van der Waals surface area (Å²) in [6.07, 6.45) is 6.91. The highest BCUT2D eigenvalue weighted by atomic mass is 32.2. The molecule has 0 atom stereocenters. The van der Waals surface area contributed by atoms with Gasteiger partial charge in [0.2, 0.25) is 5.91 Å². The Morgan fingerprint density at radius 3 is 2.57 bits per heavy atom. The molecule has 0 bridgehead atoms. The fourth-order valence-corrected chi connectivity index (χ4v) is 4.23. The lowest BCUT2D eigenvalue weighted by Crippen LogP contribution is -2.44. The van der Waals surface area contributed by atoms with Crippen LogP contribution in [0.3, 0.4) is 0 Å². The average molecular weight is 404 g/mol. The maximum atomic E-state index is 12.6. The minimum Gasteiger partial charge on any atom is -0.493 e. The fourth-order valence-electron chi connectivity index (χ4n) is 3.39. The van der Waals surface area contributed by atoms with Gasteiger partial charge in [-0.25, -0.2) is 0 Å². The van der Waals surface area contributed by atoms with E-state index in [4.69, 9.17) is 9.47 Å². The first-order valence-corrected chi connectivity index (χ1v) is 10.1. The van der Waals surface area contributed by atoms with Crippen molar-refractivity contribution in [3.8, 4) is 11.5 Å². The normalized spacial score (nSPS) is 19.2. The molecule has 28 heavy (non-hydrogen) atoms. The zero-order valence-corrected chi connectivity index (χ0v) is 16.8. The van der Waals surface area contributed by atoms with E-state index in [-0.39, 0.29) is 23.4 Å². The summed E-state index contributed by atoms with van der Waals surface area (Å²) in [4.78, 5) is 38.4. The molecule has 1 N–H and O–H groups in total. The maximum absolute atomic E-state index is 12.6. The highest BCUT2D eigenvalue weighted by Gasteiger charge is 2.36. The standard InChI is InChI=1S/C20H24N2O5S/c1-26-15-9-8-13(10-16(15)27-2)11-17-19(24)22(20(25)28-17)12-18(23)21-14-6-4-3-5-7-14/h8-11,14H,3-7,12H2,1-2H3,(H,21,23)/b17-11+. The van der Waals surface area contributed by atoms with E-state index in [1.807, 2.05) is 0 Å².